The fourth-order valence-corrected chi connectivity index (χ4v) is 9.51. The third kappa shape index (κ3) is 3.64. The van der Waals surface area contributed by atoms with Crippen molar-refractivity contribution in [2.24, 2.45) is 39.9 Å². The molecule has 34 heavy (non-hydrogen) atoms. The van der Waals surface area contributed by atoms with Gasteiger partial charge in [-0.3, -0.25) is 0 Å². The second-order valence-electron chi connectivity index (χ2n) is 13.1. The van der Waals surface area contributed by atoms with Crippen molar-refractivity contribution in [1.29, 1.82) is 0 Å². The molecule has 0 radical (unpaired) electrons. The van der Waals surface area contributed by atoms with Crippen molar-refractivity contribution in [3.8, 4) is 0 Å². The van der Waals surface area contributed by atoms with Crippen molar-refractivity contribution in [2.75, 3.05) is 0 Å². The predicted octanol–water partition coefficient (Wildman–Crippen LogP) is 5.10. The van der Waals surface area contributed by atoms with Crippen molar-refractivity contribution in [2.45, 2.75) is 111 Å². The number of fused-ring (bicyclic) bond motifs is 5. The van der Waals surface area contributed by atoms with Crippen LogP contribution in [0.1, 0.15) is 92.9 Å². The molecule has 5 heteroatoms. The molecule has 0 aromatic heterocycles. The molecule has 0 aliphatic heterocycles. The van der Waals surface area contributed by atoms with Crippen molar-refractivity contribution in [3.05, 3.63) is 22.8 Å². The summed E-state index contributed by atoms with van der Waals surface area (Å²) in [6.07, 6.45) is 6.25. The Morgan fingerprint density at radius 3 is 2.32 bits per heavy atom. The molecule has 10 atom stereocenters. The van der Waals surface area contributed by atoms with E-state index in [1.165, 1.54) is 0 Å². The number of aliphatic carboxylic acids is 1. The number of aliphatic hydroxyl groups excluding tert-OH is 3. The first-order valence-electron chi connectivity index (χ1n) is 13.4. The number of allylic oxidation sites excluding steroid dienone is 2. The standard InChI is InChI=1S/C29H46O5/c1-16(2)8-7-9-18(26(33)34)24-20-14-22(31)25-27(4)12-11-21(30)17(3)19(27)10-13-28(25,5)29(20,6)15-23(24)32/h8,17,19-23,25,30-32H,7,9-15H2,1-6H3,(H,33,34)/b24-18-/t17?,19?,20?,21?,22?,23-,25?,27-,28?,29-/m0/s1. The number of rotatable bonds is 4. The first-order valence-corrected chi connectivity index (χ1v) is 13.4. The van der Waals surface area contributed by atoms with Crippen molar-refractivity contribution < 1.29 is 25.2 Å². The molecule has 0 spiro atoms. The quantitative estimate of drug-likeness (QED) is 0.336. The van der Waals surface area contributed by atoms with Gasteiger partial charge < -0.3 is 20.4 Å². The van der Waals surface area contributed by atoms with E-state index < -0.39 is 18.2 Å². The van der Waals surface area contributed by atoms with E-state index in [-0.39, 0.29) is 40.1 Å². The SMILES string of the molecule is CC(C)=CCC/C(C(=O)O)=C1\C2CC(O)C3C(C)(CCC4C(C)C(O)CC[C@@]43C)[C@@]2(C)C[C@@H]1O. The summed E-state index contributed by atoms with van der Waals surface area (Å²) in [6, 6.07) is 0. The van der Waals surface area contributed by atoms with Crippen molar-refractivity contribution >= 4 is 5.97 Å². The van der Waals surface area contributed by atoms with Crippen LogP contribution in [-0.2, 0) is 4.79 Å². The lowest BCUT2D eigenvalue weighted by Crippen LogP contribution is -2.65. The molecule has 0 bridgehead atoms. The summed E-state index contributed by atoms with van der Waals surface area (Å²) in [6.45, 7) is 13.1. The number of hydrogen-bond donors (Lipinski definition) is 4. The maximum absolute atomic E-state index is 12.4. The van der Waals surface area contributed by atoms with Gasteiger partial charge in [0.15, 0.2) is 0 Å². The maximum Gasteiger partial charge on any atom is 0.331 e. The zero-order valence-electron chi connectivity index (χ0n) is 22.0. The van der Waals surface area contributed by atoms with Crippen LogP contribution in [0.25, 0.3) is 0 Å². The molecular weight excluding hydrogens is 428 g/mol. The number of carboxylic acids is 1. The molecule has 4 N–H and O–H groups in total. The van der Waals surface area contributed by atoms with Crippen molar-refractivity contribution in [1.82, 2.24) is 0 Å². The van der Waals surface area contributed by atoms with E-state index in [1.807, 2.05) is 13.8 Å². The highest BCUT2D eigenvalue weighted by Gasteiger charge is 2.70. The van der Waals surface area contributed by atoms with E-state index in [4.69, 9.17) is 0 Å². The van der Waals surface area contributed by atoms with Crippen LogP contribution in [0.5, 0.6) is 0 Å². The smallest absolute Gasteiger partial charge is 0.331 e. The molecule has 0 heterocycles. The van der Waals surface area contributed by atoms with E-state index in [0.29, 0.717) is 42.7 Å². The molecule has 4 rings (SSSR count). The summed E-state index contributed by atoms with van der Waals surface area (Å²) in [7, 11) is 0. The van der Waals surface area contributed by atoms with Gasteiger partial charge in [-0.25, -0.2) is 4.79 Å². The number of carbonyl (C=O) groups is 1. The van der Waals surface area contributed by atoms with Crippen LogP contribution in [0, 0.1) is 39.9 Å². The van der Waals surface area contributed by atoms with Gasteiger partial charge in [0.2, 0.25) is 0 Å². The normalized spacial score (nSPS) is 49.5. The average Bonchev–Trinajstić information content (AvgIpc) is 2.99. The van der Waals surface area contributed by atoms with Gasteiger partial charge in [0.25, 0.3) is 0 Å². The van der Waals surface area contributed by atoms with Gasteiger partial charge >= 0.3 is 5.97 Å². The number of aliphatic hydroxyl groups is 3. The molecule has 5 nitrogen and oxygen atoms in total. The summed E-state index contributed by atoms with van der Waals surface area (Å²) in [5.41, 5.74) is 1.66. The highest BCUT2D eigenvalue weighted by atomic mass is 16.4. The zero-order valence-corrected chi connectivity index (χ0v) is 22.0. The Bertz CT molecular complexity index is 887. The fraction of sp³-hybridized carbons (Fsp3) is 0.828. The van der Waals surface area contributed by atoms with Crippen LogP contribution in [0.4, 0.5) is 0 Å². The lowest BCUT2D eigenvalue weighted by molar-refractivity contribution is -0.233. The van der Waals surface area contributed by atoms with Crippen LogP contribution < -0.4 is 0 Å². The monoisotopic (exact) mass is 474 g/mol. The number of hydrogen-bond acceptors (Lipinski definition) is 4. The Morgan fingerprint density at radius 2 is 1.71 bits per heavy atom. The minimum absolute atomic E-state index is 0.0600. The molecule has 7 unspecified atom stereocenters. The maximum atomic E-state index is 12.4. The van der Waals surface area contributed by atoms with E-state index in [9.17, 15) is 25.2 Å². The summed E-state index contributed by atoms with van der Waals surface area (Å²) >= 11 is 0. The third-order valence-corrected chi connectivity index (χ3v) is 11.3. The van der Waals surface area contributed by atoms with Gasteiger partial charge in [-0.1, -0.05) is 39.3 Å². The van der Waals surface area contributed by atoms with Gasteiger partial charge in [-0.15, -0.1) is 0 Å². The van der Waals surface area contributed by atoms with E-state index in [0.717, 1.165) is 31.3 Å². The fourth-order valence-electron chi connectivity index (χ4n) is 9.51. The Labute approximate surface area is 205 Å². The zero-order chi connectivity index (χ0) is 25.2. The summed E-state index contributed by atoms with van der Waals surface area (Å²) in [4.78, 5) is 12.4. The lowest BCUT2D eigenvalue weighted by atomic mass is 9.36. The summed E-state index contributed by atoms with van der Waals surface area (Å²) in [5, 5.41) is 43.8. The average molecular weight is 475 g/mol. The largest absolute Gasteiger partial charge is 0.478 e. The molecule has 0 amide bonds. The van der Waals surface area contributed by atoms with Gasteiger partial charge in [0.1, 0.15) is 0 Å². The molecular formula is C29H46O5. The highest BCUT2D eigenvalue weighted by molar-refractivity contribution is 5.88. The van der Waals surface area contributed by atoms with Crippen LogP contribution in [0.15, 0.2) is 22.8 Å². The molecule has 4 fully saturated rings. The molecule has 192 valence electrons. The summed E-state index contributed by atoms with van der Waals surface area (Å²) in [5.74, 6) is -0.375. The second-order valence-corrected chi connectivity index (χ2v) is 13.1. The summed E-state index contributed by atoms with van der Waals surface area (Å²) < 4.78 is 0. The lowest BCUT2D eigenvalue weighted by Gasteiger charge is -2.69. The first kappa shape index (κ1) is 25.9. The van der Waals surface area contributed by atoms with E-state index in [2.05, 4.69) is 33.8 Å². The highest BCUT2D eigenvalue weighted by Crippen LogP contribution is 2.74. The van der Waals surface area contributed by atoms with Crippen LogP contribution in [0.3, 0.4) is 0 Å². The van der Waals surface area contributed by atoms with Crippen LogP contribution in [-0.4, -0.2) is 44.7 Å². The van der Waals surface area contributed by atoms with Gasteiger partial charge in [-0.2, -0.15) is 0 Å². The molecule has 0 aromatic rings. The van der Waals surface area contributed by atoms with Crippen LogP contribution >= 0.6 is 0 Å². The molecule has 0 saturated heterocycles. The minimum atomic E-state index is -0.937. The Hall–Kier alpha value is -1.17. The molecule has 4 aliphatic rings. The molecule has 0 aromatic carbocycles. The third-order valence-electron chi connectivity index (χ3n) is 11.3. The topological polar surface area (TPSA) is 98.0 Å². The molecule has 4 aliphatic carbocycles. The van der Waals surface area contributed by atoms with Gasteiger partial charge in [0, 0.05) is 5.57 Å². The first-order chi connectivity index (χ1) is 15.8. The van der Waals surface area contributed by atoms with Gasteiger partial charge in [-0.05, 0) is 111 Å². The molecule has 4 saturated carbocycles. The van der Waals surface area contributed by atoms with E-state index >= 15 is 0 Å². The Morgan fingerprint density at radius 1 is 1.03 bits per heavy atom. The van der Waals surface area contributed by atoms with Gasteiger partial charge in [0.05, 0.1) is 18.3 Å². The van der Waals surface area contributed by atoms with Crippen molar-refractivity contribution in [3.63, 3.8) is 0 Å². The Balaban J connectivity index is 1.76. The minimum Gasteiger partial charge on any atom is -0.478 e. The number of carboxylic acid groups (broad SMARTS) is 1. The van der Waals surface area contributed by atoms with Crippen LogP contribution in [0.2, 0.25) is 0 Å². The second kappa shape index (κ2) is 8.74. The van der Waals surface area contributed by atoms with E-state index in [1.54, 1.807) is 0 Å². The Kier molecular flexibility index (Phi) is 6.66. The predicted molar refractivity (Wildman–Crippen MR) is 133 cm³/mol.